The van der Waals surface area contributed by atoms with Crippen LogP contribution in [0.3, 0.4) is 0 Å². The zero-order valence-electron chi connectivity index (χ0n) is 9.77. The number of hydrogen-bond donors (Lipinski definition) is 0. The van der Waals surface area contributed by atoms with E-state index >= 15 is 0 Å². The van der Waals surface area contributed by atoms with Gasteiger partial charge in [0.15, 0.2) is 0 Å². The number of nitrogens with zero attached hydrogens (tertiary/aromatic N) is 1. The van der Waals surface area contributed by atoms with E-state index in [0.29, 0.717) is 0 Å². The summed E-state index contributed by atoms with van der Waals surface area (Å²) >= 11 is -1.15. The Morgan fingerprint density at radius 2 is 1.88 bits per heavy atom. The van der Waals surface area contributed by atoms with Crippen LogP contribution in [-0.4, -0.2) is 21.7 Å². The Hall–Kier alpha value is -1.20. The molecule has 0 spiro atoms. The second-order valence-corrected chi connectivity index (χ2v) is 8.15. The van der Waals surface area contributed by atoms with Gasteiger partial charge in [-0.3, -0.25) is 0 Å². The Balaban J connectivity index is 2.66. The molecule has 0 saturated heterocycles. The molecule has 0 N–H and O–H groups in total. The van der Waals surface area contributed by atoms with E-state index in [-0.39, 0.29) is 0 Å². The van der Waals surface area contributed by atoms with Crippen molar-refractivity contribution in [2.24, 2.45) is 0 Å². The van der Waals surface area contributed by atoms with Gasteiger partial charge in [-0.25, -0.2) is 0 Å². The van der Waals surface area contributed by atoms with Crippen LogP contribution in [0.2, 0.25) is 5.71 Å². The molecule has 0 saturated carbocycles. The van der Waals surface area contributed by atoms with Gasteiger partial charge in [0.2, 0.25) is 0 Å². The predicted molar refractivity (Wildman–Crippen MR) is 73.5 cm³/mol. The first-order valence-corrected chi connectivity index (χ1v) is 9.01. The van der Waals surface area contributed by atoms with Crippen molar-refractivity contribution in [1.29, 1.82) is 0 Å². The first kappa shape index (κ1) is 11.3. The van der Waals surface area contributed by atoms with E-state index in [1.54, 1.807) is 0 Å². The van der Waals surface area contributed by atoms with Gasteiger partial charge in [-0.1, -0.05) is 0 Å². The molecule has 1 nitrogen and oxygen atoms in total. The van der Waals surface area contributed by atoms with Crippen LogP contribution >= 0.6 is 0 Å². The second-order valence-electron chi connectivity index (χ2n) is 3.79. The predicted octanol–water partition coefficient (Wildman–Crippen LogP) is 2.63. The summed E-state index contributed by atoms with van der Waals surface area (Å²) in [6.07, 6.45) is 3.95. The van der Waals surface area contributed by atoms with Crippen LogP contribution in [0.5, 0.6) is 0 Å². The number of benzene rings is 1. The van der Waals surface area contributed by atoms with Gasteiger partial charge in [0, 0.05) is 0 Å². The molecule has 0 aliphatic carbocycles. The number of anilines is 1. The fourth-order valence-corrected chi connectivity index (χ4v) is 6.31. The fraction of sp³-hybridized carbons (Fsp3) is 0.143. The molecule has 1 aromatic rings. The average molecular weight is 273 g/mol. The molecule has 1 aromatic carbocycles. The normalized spacial score (nSPS) is 19.4. The monoisotopic (exact) mass is 273 g/mol. The number of fused-ring (bicyclic) bond motifs is 1. The van der Waals surface area contributed by atoms with Gasteiger partial charge in [0.05, 0.1) is 0 Å². The molecule has 16 heavy (non-hydrogen) atoms. The summed E-state index contributed by atoms with van der Waals surface area (Å²) in [6, 6.07) is 8.65. The Labute approximate surface area is 102 Å². The number of para-hydroxylation sites is 1. The van der Waals surface area contributed by atoms with E-state index < -0.39 is 14.7 Å². The third-order valence-corrected chi connectivity index (χ3v) is 7.67. The van der Waals surface area contributed by atoms with Crippen molar-refractivity contribution in [3.8, 4) is 0 Å². The number of rotatable bonds is 2. The van der Waals surface area contributed by atoms with Crippen molar-refractivity contribution < 1.29 is 0 Å². The summed E-state index contributed by atoms with van der Waals surface area (Å²) < 4.78 is 2.89. The quantitative estimate of drug-likeness (QED) is 0.749. The van der Waals surface area contributed by atoms with Gasteiger partial charge in [-0.15, -0.1) is 0 Å². The van der Waals surface area contributed by atoms with Crippen LogP contribution in [-0.2, 0) is 0 Å². The van der Waals surface area contributed by atoms with Crippen LogP contribution in [0.4, 0.5) is 5.69 Å². The van der Waals surface area contributed by atoms with E-state index in [2.05, 4.69) is 55.1 Å². The van der Waals surface area contributed by atoms with E-state index in [1.807, 2.05) is 12.2 Å². The van der Waals surface area contributed by atoms with Gasteiger partial charge in [-0.05, 0) is 0 Å². The summed E-state index contributed by atoms with van der Waals surface area (Å²) in [5.41, 5.74) is 4.90. The first-order valence-electron chi connectivity index (χ1n) is 5.26. The minimum absolute atomic E-state index is 1.15. The third kappa shape index (κ3) is 1.56. The van der Waals surface area contributed by atoms with Crippen molar-refractivity contribution in [2.75, 3.05) is 11.9 Å². The van der Waals surface area contributed by atoms with E-state index in [9.17, 15) is 0 Å². The Morgan fingerprint density at radius 3 is 2.50 bits per heavy atom. The first-order chi connectivity index (χ1) is 7.70. The van der Waals surface area contributed by atoms with Crippen molar-refractivity contribution >= 4 is 24.7 Å². The molecule has 2 heteroatoms. The third-order valence-electron chi connectivity index (χ3n) is 2.98. The number of likely N-dealkylation sites (N-methyl/N-ethyl adjacent to an activating group) is 1. The topological polar surface area (TPSA) is 3.24 Å². The number of hydrogen-bond acceptors (Lipinski definition) is 1. The SMILES string of the molecule is C=CC1=C(C=C)[As](C)c2ccccc2N1C. The van der Waals surface area contributed by atoms with Crippen LogP contribution in [0.15, 0.2) is 59.6 Å². The standard InChI is InChI=1S/C14H16AsN/c1-5-11-13(6-2)16(4)14-10-8-7-9-12(14)15(11)3/h5-10H,1-2H2,3-4H3. The molecular formula is C14H16AsN. The summed E-state index contributed by atoms with van der Waals surface area (Å²) in [5, 5.41) is 0. The van der Waals surface area contributed by atoms with Gasteiger partial charge >= 0.3 is 102 Å². The molecule has 0 fully saturated rings. The van der Waals surface area contributed by atoms with Gasteiger partial charge in [0.25, 0.3) is 0 Å². The summed E-state index contributed by atoms with van der Waals surface area (Å²) in [5.74, 6) is 0. The maximum absolute atomic E-state index is 3.94. The van der Waals surface area contributed by atoms with Crippen molar-refractivity contribution in [2.45, 2.75) is 5.71 Å². The van der Waals surface area contributed by atoms with Gasteiger partial charge < -0.3 is 0 Å². The molecule has 1 unspecified atom stereocenters. The molecular weight excluding hydrogens is 257 g/mol. The van der Waals surface area contributed by atoms with E-state index in [4.69, 9.17) is 0 Å². The molecule has 1 atom stereocenters. The molecule has 82 valence electrons. The van der Waals surface area contributed by atoms with Crippen molar-refractivity contribution in [3.05, 3.63) is 59.6 Å². The summed E-state index contributed by atoms with van der Waals surface area (Å²) in [6.45, 7) is 7.86. The molecule has 1 aliphatic rings. The summed E-state index contributed by atoms with van der Waals surface area (Å²) in [7, 11) is 2.10. The molecule has 0 aromatic heterocycles. The Morgan fingerprint density at radius 1 is 1.19 bits per heavy atom. The van der Waals surface area contributed by atoms with Crippen molar-refractivity contribution in [1.82, 2.24) is 0 Å². The number of allylic oxidation sites excluding steroid dienone is 3. The molecule has 1 heterocycles. The second kappa shape index (κ2) is 4.35. The van der Waals surface area contributed by atoms with Gasteiger partial charge in [0.1, 0.15) is 0 Å². The van der Waals surface area contributed by atoms with Crippen LogP contribution in [0.25, 0.3) is 0 Å². The summed E-state index contributed by atoms with van der Waals surface area (Å²) in [4.78, 5) is 2.22. The molecule has 0 bridgehead atoms. The molecule has 0 amide bonds. The molecule has 1 aliphatic heterocycles. The van der Waals surface area contributed by atoms with Crippen LogP contribution in [0.1, 0.15) is 0 Å². The van der Waals surface area contributed by atoms with Crippen LogP contribution < -0.4 is 9.25 Å². The minimum atomic E-state index is -1.15. The maximum atomic E-state index is 3.94. The fourth-order valence-electron chi connectivity index (χ4n) is 2.12. The van der Waals surface area contributed by atoms with Crippen molar-refractivity contribution in [3.63, 3.8) is 0 Å². The molecule has 2 rings (SSSR count). The van der Waals surface area contributed by atoms with E-state index in [1.165, 1.54) is 20.1 Å². The van der Waals surface area contributed by atoms with E-state index in [0.717, 1.165) is 0 Å². The Kier molecular flexibility index (Phi) is 3.07. The average Bonchev–Trinajstić information content (AvgIpc) is 2.33. The Bertz CT molecular complexity index is 430. The molecule has 0 radical (unpaired) electrons. The van der Waals surface area contributed by atoms with Crippen LogP contribution in [0, 0.1) is 0 Å². The van der Waals surface area contributed by atoms with Gasteiger partial charge in [-0.2, -0.15) is 0 Å². The zero-order valence-corrected chi connectivity index (χ0v) is 11.6. The zero-order chi connectivity index (χ0) is 11.7.